The first-order valence-corrected chi connectivity index (χ1v) is 9.74. The summed E-state index contributed by atoms with van der Waals surface area (Å²) in [6.07, 6.45) is 8.33. The van der Waals surface area contributed by atoms with Gasteiger partial charge < -0.3 is 24.0 Å². The molecule has 3 rings (SSSR count). The van der Waals surface area contributed by atoms with Crippen LogP contribution in [0.5, 0.6) is 17.2 Å². The minimum atomic E-state index is 0.0221. The zero-order chi connectivity index (χ0) is 19.2. The van der Waals surface area contributed by atoms with Crippen LogP contribution in [0.3, 0.4) is 0 Å². The highest BCUT2D eigenvalue weighted by molar-refractivity contribution is 5.95. The highest BCUT2D eigenvalue weighted by atomic mass is 16.5. The van der Waals surface area contributed by atoms with Crippen LogP contribution >= 0.6 is 0 Å². The summed E-state index contributed by atoms with van der Waals surface area (Å²) in [5, 5.41) is 0. The van der Waals surface area contributed by atoms with Crippen LogP contribution in [0.4, 0.5) is 0 Å². The molecule has 6 nitrogen and oxygen atoms in total. The molecule has 1 N–H and O–H groups in total. The van der Waals surface area contributed by atoms with E-state index in [9.17, 15) is 4.79 Å². The van der Waals surface area contributed by atoms with E-state index < -0.39 is 0 Å². The second-order valence-electron chi connectivity index (χ2n) is 7.31. The highest BCUT2D eigenvalue weighted by Crippen LogP contribution is 2.38. The Hall–Kier alpha value is -2.21. The van der Waals surface area contributed by atoms with Gasteiger partial charge in [0, 0.05) is 11.5 Å². The molecule has 2 aliphatic rings. The molecule has 0 aromatic heterocycles. The maximum absolute atomic E-state index is 13.0. The van der Waals surface area contributed by atoms with Gasteiger partial charge in [0.25, 0.3) is 5.91 Å². The topological polar surface area (TPSA) is 52.4 Å². The fourth-order valence-corrected chi connectivity index (χ4v) is 4.07. The van der Waals surface area contributed by atoms with Gasteiger partial charge >= 0.3 is 0 Å². The Labute approximate surface area is 161 Å². The number of nitrogens with one attached hydrogen (secondary N) is 1. The molecule has 0 saturated carbocycles. The van der Waals surface area contributed by atoms with Crippen LogP contribution in [0.2, 0.25) is 0 Å². The molecular formula is C21H31N2O4+. The Kier molecular flexibility index (Phi) is 6.61. The molecule has 0 spiro atoms. The number of carbonyl (C=O) groups excluding carboxylic acids is 1. The van der Waals surface area contributed by atoms with Crippen molar-refractivity contribution in [2.75, 3.05) is 54.1 Å². The van der Waals surface area contributed by atoms with Crippen molar-refractivity contribution in [3.05, 3.63) is 29.8 Å². The number of hydrogen-bond donors (Lipinski definition) is 1. The molecule has 1 aromatic rings. The molecule has 1 fully saturated rings. The van der Waals surface area contributed by atoms with E-state index >= 15 is 0 Å². The van der Waals surface area contributed by atoms with E-state index in [0.29, 0.717) is 22.8 Å². The Morgan fingerprint density at radius 1 is 1.07 bits per heavy atom. The van der Waals surface area contributed by atoms with Gasteiger partial charge in [-0.2, -0.15) is 0 Å². The van der Waals surface area contributed by atoms with Crippen LogP contribution in [-0.2, 0) is 0 Å². The molecule has 1 atom stereocenters. The molecule has 0 unspecified atom stereocenters. The van der Waals surface area contributed by atoms with Crippen molar-refractivity contribution in [1.82, 2.24) is 4.90 Å². The summed E-state index contributed by atoms with van der Waals surface area (Å²) in [5.41, 5.74) is 0.574. The van der Waals surface area contributed by atoms with Crippen molar-refractivity contribution in [3.8, 4) is 17.2 Å². The monoisotopic (exact) mass is 375 g/mol. The maximum atomic E-state index is 13.0. The van der Waals surface area contributed by atoms with Crippen molar-refractivity contribution in [2.45, 2.75) is 19.3 Å². The average Bonchev–Trinajstić information content (AvgIpc) is 2.73. The van der Waals surface area contributed by atoms with Crippen molar-refractivity contribution in [3.63, 3.8) is 0 Å². The third-order valence-corrected chi connectivity index (χ3v) is 5.62. The number of allylic oxidation sites excluding steroid dienone is 2. The fraction of sp³-hybridized carbons (Fsp3) is 0.571. The van der Waals surface area contributed by atoms with Gasteiger partial charge in [0.2, 0.25) is 5.75 Å². The van der Waals surface area contributed by atoms with E-state index in [0.717, 1.165) is 32.1 Å². The summed E-state index contributed by atoms with van der Waals surface area (Å²) in [5.74, 6) is 2.34. The lowest BCUT2D eigenvalue weighted by molar-refractivity contribution is -0.907. The highest BCUT2D eigenvalue weighted by Gasteiger charge is 2.28. The molecule has 6 heteroatoms. The number of methoxy groups -OCH3 is 3. The quantitative estimate of drug-likeness (QED) is 0.764. The molecule has 0 bridgehead atoms. The van der Waals surface area contributed by atoms with Gasteiger partial charge in [0.1, 0.15) is 0 Å². The number of quaternary nitrogens is 1. The van der Waals surface area contributed by atoms with Crippen molar-refractivity contribution >= 4 is 5.91 Å². The third-order valence-electron chi connectivity index (χ3n) is 5.62. The molecule has 0 radical (unpaired) electrons. The first-order valence-electron chi connectivity index (χ1n) is 9.74. The van der Waals surface area contributed by atoms with Crippen molar-refractivity contribution < 1.29 is 23.9 Å². The first kappa shape index (κ1) is 19.5. The van der Waals surface area contributed by atoms with Crippen LogP contribution in [0.1, 0.15) is 29.6 Å². The van der Waals surface area contributed by atoms with Gasteiger partial charge in [-0.05, 0) is 31.4 Å². The van der Waals surface area contributed by atoms with Gasteiger partial charge in [-0.1, -0.05) is 12.2 Å². The Bertz CT molecular complexity index is 656. The number of piperazine rings is 1. The zero-order valence-corrected chi connectivity index (χ0v) is 16.6. The normalized spacial score (nSPS) is 20.4. The van der Waals surface area contributed by atoms with Gasteiger partial charge in [-0.15, -0.1) is 0 Å². The van der Waals surface area contributed by atoms with Crippen LogP contribution < -0.4 is 19.1 Å². The molecule has 1 saturated heterocycles. The fourth-order valence-electron chi connectivity index (χ4n) is 4.07. The smallest absolute Gasteiger partial charge is 0.254 e. The lowest BCUT2D eigenvalue weighted by Crippen LogP contribution is -3.15. The minimum Gasteiger partial charge on any atom is -0.493 e. The minimum absolute atomic E-state index is 0.0221. The summed E-state index contributed by atoms with van der Waals surface area (Å²) in [4.78, 5) is 16.5. The van der Waals surface area contributed by atoms with E-state index in [1.807, 2.05) is 4.90 Å². The van der Waals surface area contributed by atoms with E-state index in [4.69, 9.17) is 14.2 Å². The number of rotatable bonds is 6. The number of benzene rings is 1. The van der Waals surface area contributed by atoms with E-state index in [-0.39, 0.29) is 5.91 Å². The maximum Gasteiger partial charge on any atom is 0.254 e. The molecule has 27 heavy (non-hydrogen) atoms. The summed E-state index contributed by atoms with van der Waals surface area (Å²) >= 11 is 0. The number of nitrogens with zero attached hydrogens (tertiary/aromatic N) is 1. The number of amides is 1. The Morgan fingerprint density at radius 3 is 2.26 bits per heavy atom. The van der Waals surface area contributed by atoms with Crippen LogP contribution in [0.25, 0.3) is 0 Å². The zero-order valence-electron chi connectivity index (χ0n) is 16.6. The van der Waals surface area contributed by atoms with Crippen molar-refractivity contribution in [1.29, 1.82) is 0 Å². The Balaban J connectivity index is 1.62. The molecule has 1 amide bonds. The van der Waals surface area contributed by atoms with E-state index in [1.54, 1.807) is 38.4 Å². The molecule has 1 aromatic carbocycles. The summed E-state index contributed by atoms with van der Waals surface area (Å²) in [6, 6.07) is 3.47. The lowest BCUT2D eigenvalue weighted by atomic mass is 9.94. The number of hydrogen-bond acceptors (Lipinski definition) is 4. The van der Waals surface area contributed by atoms with Gasteiger partial charge in [0.15, 0.2) is 11.5 Å². The summed E-state index contributed by atoms with van der Waals surface area (Å²) < 4.78 is 16.1. The molecule has 1 aliphatic heterocycles. The van der Waals surface area contributed by atoms with Gasteiger partial charge in [0.05, 0.1) is 54.1 Å². The molecule has 1 aliphatic carbocycles. The molecule has 148 valence electrons. The number of carbonyl (C=O) groups is 1. The predicted octanol–water partition coefficient (Wildman–Crippen LogP) is 1.41. The summed E-state index contributed by atoms with van der Waals surface area (Å²) in [6.45, 7) is 4.81. The second-order valence-corrected chi connectivity index (χ2v) is 7.31. The SMILES string of the molecule is COc1cc(C(=O)N2CC[NH+](C[C@H]3CC=CCC3)CC2)cc(OC)c1OC. The van der Waals surface area contributed by atoms with Crippen LogP contribution in [0.15, 0.2) is 24.3 Å². The number of ether oxygens (including phenoxy) is 3. The van der Waals surface area contributed by atoms with Gasteiger partial charge in [-0.3, -0.25) is 4.79 Å². The van der Waals surface area contributed by atoms with E-state index in [1.165, 1.54) is 25.8 Å². The van der Waals surface area contributed by atoms with Crippen LogP contribution in [-0.4, -0.2) is 64.9 Å². The molecule has 1 heterocycles. The van der Waals surface area contributed by atoms with Crippen LogP contribution in [0, 0.1) is 5.92 Å². The van der Waals surface area contributed by atoms with E-state index in [2.05, 4.69) is 12.2 Å². The standard InChI is InChI=1S/C21H30N2O4/c1-25-18-13-17(14-19(26-2)20(18)27-3)21(24)23-11-9-22(10-12-23)15-16-7-5-4-6-8-16/h4-5,13-14,16H,6-12,15H2,1-3H3/p+1/t16-/m0/s1. The second kappa shape index (κ2) is 9.13. The van der Waals surface area contributed by atoms with Crippen molar-refractivity contribution in [2.24, 2.45) is 5.92 Å². The largest absolute Gasteiger partial charge is 0.493 e. The average molecular weight is 375 g/mol. The molecular weight excluding hydrogens is 344 g/mol. The Morgan fingerprint density at radius 2 is 1.74 bits per heavy atom. The predicted molar refractivity (Wildman–Crippen MR) is 104 cm³/mol. The van der Waals surface area contributed by atoms with Gasteiger partial charge in [-0.25, -0.2) is 0 Å². The summed E-state index contributed by atoms with van der Waals surface area (Å²) in [7, 11) is 4.69. The first-order chi connectivity index (χ1) is 13.2. The third kappa shape index (κ3) is 4.56. The lowest BCUT2D eigenvalue weighted by Gasteiger charge is -2.34.